The summed E-state index contributed by atoms with van der Waals surface area (Å²) >= 11 is 0. The number of aromatic nitrogens is 3. The molecule has 0 radical (unpaired) electrons. The van der Waals surface area contributed by atoms with Crippen LogP contribution in [0.15, 0.2) is 36.8 Å². The Morgan fingerprint density at radius 1 is 1.24 bits per heavy atom. The zero-order chi connectivity index (χ0) is 14.7. The van der Waals surface area contributed by atoms with E-state index in [0.717, 1.165) is 32.1 Å². The van der Waals surface area contributed by atoms with Crippen LogP contribution in [0, 0.1) is 0 Å². The van der Waals surface area contributed by atoms with E-state index in [9.17, 15) is 4.79 Å². The average molecular weight is 285 g/mol. The first-order valence-electron chi connectivity index (χ1n) is 7.24. The van der Waals surface area contributed by atoms with Crippen LogP contribution in [-0.2, 0) is 4.79 Å². The molecular weight excluding hydrogens is 266 g/mol. The molecule has 1 aliphatic rings. The van der Waals surface area contributed by atoms with Crippen molar-refractivity contribution in [1.29, 1.82) is 0 Å². The Kier molecular flexibility index (Phi) is 3.70. The van der Waals surface area contributed by atoms with Gasteiger partial charge in [-0.3, -0.25) is 4.79 Å². The van der Waals surface area contributed by atoms with E-state index in [0.29, 0.717) is 11.5 Å². The van der Waals surface area contributed by atoms with Gasteiger partial charge in [0.05, 0.1) is 11.2 Å². The molecule has 0 spiro atoms. The lowest BCUT2D eigenvalue weighted by molar-refractivity contribution is -0.122. The van der Waals surface area contributed by atoms with Gasteiger partial charge in [0.25, 0.3) is 0 Å². The molecule has 0 bridgehead atoms. The minimum atomic E-state index is -0.768. The molecule has 2 aromatic heterocycles. The second kappa shape index (κ2) is 5.65. The van der Waals surface area contributed by atoms with Crippen molar-refractivity contribution in [3.63, 3.8) is 0 Å². The summed E-state index contributed by atoms with van der Waals surface area (Å²) in [5.74, 6) is 0.457. The van der Waals surface area contributed by atoms with Gasteiger partial charge in [-0.25, -0.2) is 9.67 Å². The fourth-order valence-electron chi connectivity index (χ4n) is 2.73. The number of hydrogen-bond acceptors (Lipinski definition) is 4. The van der Waals surface area contributed by atoms with Crippen molar-refractivity contribution in [2.75, 3.05) is 5.32 Å². The number of amides is 1. The summed E-state index contributed by atoms with van der Waals surface area (Å²) in [6.45, 7) is 0. The second-order valence-electron chi connectivity index (χ2n) is 5.50. The third-order valence-corrected chi connectivity index (χ3v) is 3.95. The number of rotatable bonds is 3. The van der Waals surface area contributed by atoms with Crippen LogP contribution in [0.2, 0.25) is 0 Å². The first kappa shape index (κ1) is 13.8. The van der Waals surface area contributed by atoms with Crippen molar-refractivity contribution in [3.05, 3.63) is 36.8 Å². The molecule has 0 aromatic carbocycles. The fraction of sp³-hybridized carbons (Fsp3) is 0.400. The monoisotopic (exact) mass is 285 g/mol. The van der Waals surface area contributed by atoms with E-state index in [1.54, 1.807) is 29.3 Å². The zero-order valence-electron chi connectivity index (χ0n) is 11.8. The van der Waals surface area contributed by atoms with Gasteiger partial charge in [-0.1, -0.05) is 19.3 Å². The number of nitrogens with two attached hydrogens (primary N) is 1. The van der Waals surface area contributed by atoms with Gasteiger partial charge in [-0.15, -0.1) is 0 Å². The van der Waals surface area contributed by atoms with Crippen LogP contribution in [0.5, 0.6) is 0 Å². The topological polar surface area (TPSA) is 85.8 Å². The minimum Gasteiger partial charge on any atom is -0.321 e. The van der Waals surface area contributed by atoms with Gasteiger partial charge in [0.2, 0.25) is 5.91 Å². The summed E-state index contributed by atoms with van der Waals surface area (Å²) in [7, 11) is 0. The van der Waals surface area contributed by atoms with Crippen LogP contribution in [0.1, 0.15) is 32.1 Å². The van der Waals surface area contributed by atoms with Gasteiger partial charge < -0.3 is 11.1 Å². The lowest BCUT2D eigenvalue weighted by atomic mass is 9.82. The highest BCUT2D eigenvalue weighted by Gasteiger charge is 2.35. The Bertz CT molecular complexity index is 617. The van der Waals surface area contributed by atoms with Crippen LogP contribution in [-0.4, -0.2) is 26.2 Å². The summed E-state index contributed by atoms with van der Waals surface area (Å²) in [6, 6.07) is 5.41. The molecule has 0 saturated heterocycles. The zero-order valence-corrected chi connectivity index (χ0v) is 11.8. The largest absolute Gasteiger partial charge is 0.321 e. The van der Waals surface area contributed by atoms with E-state index in [4.69, 9.17) is 5.73 Å². The standard InChI is InChI=1S/C15H19N5O/c16-15(7-2-1-3-8-15)14(21)19-12-6-4-9-17-13(12)20-11-5-10-18-20/h4-6,9-11H,1-3,7-8,16H2,(H,19,21). The number of hydrogen-bond donors (Lipinski definition) is 2. The van der Waals surface area contributed by atoms with Gasteiger partial charge in [0, 0.05) is 18.6 Å². The molecule has 3 N–H and O–H groups in total. The molecule has 1 amide bonds. The molecule has 1 saturated carbocycles. The van der Waals surface area contributed by atoms with Gasteiger partial charge in [-0.05, 0) is 31.0 Å². The third kappa shape index (κ3) is 2.80. The van der Waals surface area contributed by atoms with Crippen molar-refractivity contribution >= 4 is 11.6 Å². The summed E-state index contributed by atoms with van der Waals surface area (Å²) in [6.07, 6.45) is 9.75. The molecule has 3 rings (SSSR count). The van der Waals surface area contributed by atoms with Crippen LogP contribution in [0.4, 0.5) is 5.69 Å². The maximum atomic E-state index is 12.5. The van der Waals surface area contributed by atoms with Crippen molar-refractivity contribution < 1.29 is 4.79 Å². The molecule has 1 aliphatic carbocycles. The maximum absolute atomic E-state index is 12.5. The number of nitrogens with zero attached hydrogens (tertiary/aromatic N) is 3. The minimum absolute atomic E-state index is 0.136. The maximum Gasteiger partial charge on any atom is 0.244 e. The van der Waals surface area contributed by atoms with Crippen molar-refractivity contribution in [2.45, 2.75) is 37.6 Å². The van der Waals surface area contributed by atoms with Gasteiger partial charge >= 0.3 is 0 Å². The number of nitrogens with one attached hydrogen (secondary N) is 1. The van der Waals surface area contributed by atoms with Crippen LogP contribution < -0.4 is 11.1 Å². The number of anilines is 1. The van der Waals surface area contributed by atoms with E-state index < -0.39 is 5.54 Å². The lowest BCUT2D eigenvalue weighted by Crippen LogP contribution is -2.52. The molecule has 2 aromatic rings. The predicted molar refractivity (Wildman–Crippen MR) is 80.0 cm³/mol. The van der Waals surface area contributed by atoms with E-state index >= 15 is 0 Å². The Balaban J connectivity index is 1.83. The molecule has 21 heavy (non-hydrogen) atoms. The summed E-state index contributed by atoms with van der Waals surface area (Å²) < 4.78 is 1.62. The summed E-state index contributed by atoms with van der Waals surface area (Å²) in [4.78, 5) is 16.8. The van der Waals surface area contributed by atoms with Gasteiger partial charge in [0.15, 0.2) is 5.82 Å². The smallest absolute Gasteiger partial charge is 0.244 e. The quantitative estimate of drug-likeness (QED) is 0.901. The fourth-order valence-corrected chi connectivity index (χ4v) is 2.73. The Labute approximate surface area is 123 Å². The van der Waals surface area contributed by atoms with E-state index in [1.165, 1.54) is 0 Å². The van der Waals surface area contributed by atoms with Crippen molar-refractivity contribution in [1.82, 2.24) is 14.8 Å². The molecule has 0 aliphatic heterocycles. The summed E-state index contributed by atoms with van der Waals surface area (Å²) in [5.41, 5.74) is 6.12. The Morgan fingerprint density at radius 2 is 2.05 bits per heavy atom. The molecular formula is C15H19N5O. The Hall–Kier alpha value is -2.21. The van der Waals surface area contributed by atoms with Crippen molar-refractivity contribution in [3.8, 4) is 5.82 Å². The summed E-state index contributed by atoms with van der Waals surface area (Å²) in [5, 5.41) is 7.08. The molecule has 6 heteroatoms. The Morgan fingerprint density at radius 3 is 2.76 bits per heavy atom. The number of pyridine rings is 1. The number of carbonyl (C=O) groups excluding carboxylic acids is 1. The molecule has 6 nitrogen and oxygen atoms in total. The predicted octanol–water partition coefficient (Wildman–Crippen LogP) is 1.87. The molecule has 1 fully saturated rings. The highest BCUT2D eigenvalue weighted by molar-refractivity contribution is 5.99. The average Bonchev–Trinajstić information content (AvgIpc) is 3.02. The number of carbonyl (C=O) groups is 1. The molecule has 2 heterocycles. The van der Waals surface area contributed by atoms with Gasteiger partial charge in [0.1, 0.15) is 0 Å². The molecule has 0 atom stereocenters. The van der Waals surface area contributed by atoms with Crippen molar-refractivity contribution in [2.24, 2.45) is 5.73 Å². The van der Waals surface area contributed by atoms with Crippen LogP contribution in [0.3, 0.4) is 0 Å². The molecule has 110 valence electrons. The van der Waals surface area contributed by atoms with Crippen LogP contribution >= 0.6 is 0 Å². The lowest BCUT2D eigenvalue weighted by Gasteiger charge is -2.31. The van der Waals surface area contributed by atoms with E-state index in [-0.39, 0.29) is 5.91 Å². The SMILES string of the molecule is NC1(C(=O)Nc2cccnc2-n2cccn2)CCCCC1. The third-order valence-electron chi connectivity index (χ3n) is 3.95. The first-order chi connectivity index (χ1) is 10.2. The van der Waals surface area contributed by atoms with Gasteiger partial charge in [-0.2, -0.15) is 5.10 Å². The normalized spacial score (nSPS) is 17.4. The van der Waals surface area contributed by atoms with Crippen LogP contribution in [0.25, 0.3) is 5.82 Å². The highest BCUT2D eigenvalue weighted by Crippen LogP contribution is 2.28. The second-order valence-corrected chi connectivity index (χ2v) is 5.50. The van der Waals surface area contributed by atoms with E-state index in [1.807, 2.05) is 12.1 Å². The van der Waals surface area contributed by atoms with E-state index in [2.05, 4.69) is 15.4 Å². The first-order valence-corrected chi connectivity index (χ1v) is 7.24. The highest BCUT2D eigenvalue weighted by atomic mass is 16.2. The molecule has 0 unspecified atom stereocenters.